The molecule has 0 amide bonds. The van der Waals surface area contributed by atoms with Crippen LogP contribution in [0.25, 0.3) is 0 Å². The molecule has 1 N–H and O–H groups in total. The predicted octanol–water partition coefficient (Wildman–Crippen LogP) is 4.04. The Bertz CT molecular complexity index is 356. The van der Waals surface area contributed by atoms with Crippen LogP contribution in [0.1, 0.15) is 56.6 Å². The molecule has 0 spiro atoms. The third kappa shape index (κ3) is 5.33. The van der Waals surface area contributed by atoms with Gasteiger partial charge < -0.3 is 10.1 Å². The van der Waals surface area contributed by atoms with Crippen LogP contribution in [0.5, 0.6) is 0 Å². The van der Waals surface area contributed by atoms with E-state index in [1.807, 2.05) is 0 Å². The van der Waals surface area contributed by atoms with E-state index in [1.54, 1.807) is 0 Å². The molecule has 0 aliphatic heterocycles. The zero-order valence-corrected chi connectivity index (χ0v) is 12.2. The molecule has 106 valence electrons. The van der Waals surface area contributed by atoms with Crippen molar-refractivity contribution in [2.75, 3.05) is 6.54 Å². The zero-order chi connectivity index (χ0) is 13.3. The van der Waals surface area contributed by atoms with Crippen molar-refractivity contribution in [3.63, 3.8) is 0 Å². The van der Waals surface area contributed by atoms with E-state index in [0.29, 0.717) is 6.10 Å². The summed E-state index contributed by atoms with van der Waals surface area (Å²) < 4.78 is 6.09. The topological polar surface area (TPSA) is 21.3 Å². The molecule has 2 nitrogen and oxygen atoms in total. The zero-order valence-electron chi connectivity index (χ0n) is 12.2. The standard InChI is InChI=1S/C17H27NO/c1-2-18-13-15-8-7-9-16(12-15)14-19-17-10-5-3-4-6-11-17/h7-9,12,17-18H,2-6,10-11,13-14H2,1H3. The first-order chi connectivity index (χ1) is 9.38. The van der Waals surface area contributed by atoms with Gasteiger partial charge >= 0.3 is 0 Å². The molecular formula is C17H27NO. The van der Waals surface area contributed by atoms with Crippen LogP contribution in [-0.4, -0.2) is 12.6 Å². The van der Waals surface area contributed by atoms with Crippen LogP contribution < -0.4 is 5.32 Å². The largest absolute Gasteiger partial charge is 0.374 e. The van der Waals surface area contributed by atoms with Crippen molar-refractivity contribution in [2.45, 2.75) is 64.7 Å². The van der Waals surface area contributed by atoms with E-state index in [9.17, 15) is 0 Å². The van der Waals surface area contributed by atoms with Gasteiger partial charge in [-0.15, -0.1) is 0 Å². The Morgan fingerprint density at radius 3 is 2.58 bits per heavy atom. The first-order valence-electron chi connectivity index (χ1n) is 7.78. The fourth-order valence-electron chi connectivity index (χ4n) is 2.72. The summed E-state index contributed by atoms with van der Waals surface area (Å²) in [6.07, 6.45) is 8.43. The van der Waals surface area contributed by atoms with Gasteiger partial charge in [-0.05, 0) is 30.5 Å². The highest BCUT2D eigenvalue weighted by atomic mass is 16.5. The molecule has 1 aromatic rings. The van der Waals surface area contributed by atoms with Gasteiger partial charge in [-0.1, -0.05) is 56.9 Å². The number of hydrogen-bond donors (Lipinski definition) is 1. The number of rotatable bonds is 6. The maximum absolute atomic E-state index is 6.09. The van der Waals surface area contributed by atoms with Crippen LogP contribution in [-0.2, 0) is 17.9 Å². The van der Waals surface area contributed by atoms with Gasteiger partial charge in [0.05, 0.1) is 12.7 Å². The molecule has 1 aliphatic carbocycles. The molecule has 0 saturated heterocycles. The fraction of sp³-hybridized carbons (Fsp3) is 0.647. The van der Waals surface area contributed by atoms with Crippen LogP contribution in [0.15, 0.2) is 24.3 Å². The van der Waals surface area contributed by atoms with Gasteiger partial charge in [0.25, 0.3) is 0 Å². The molecule has 0 radical (unpaired) electrons. The van der Waals surface area contributed by atoms with E-state index in [0.717, 1.165) is 19.7 Å². The normalized spacial score (nSPS) is 17.3. The highest BCUT2D eigenvalue weighted by Crippen LogP contribution is 2.21. The van der Waals surface area contributed by atoms with E-state index >= 15 is 0 Å². The molecule has 0 aromatic heterocycles. The van der Waals surface area contributed by atoms with Gasteiger partial charge in [0.2, 0.25) is 0 Å². The van der Waals surface area contributed by atoms with E-state index in [4.69, 9.17) is 4.74 Å². The second-order valence-corrected chi connectivity index (χ2v) is 5.52. The van der Waals surface area contributed by atoms with Crippen LogP contribution in [0.2, 0.25) is 0 Å². The summed E-state index contributed by atoms with van der Waals surface area (Å²) in [6.45, 7) is 4.88. The molecule has 0 atom stereocenters. The highest BCUT2D eigenvalue weighted by Gasteiger charge is 2.12. The van der Waals surface area contributed by atoms with Crippen LogP contribution in [0, 0.1) is 0 Å². The van der Waals surface area contributed by atoms with E-state index in [2.05, 4.69) is 36.5 Å². The van der Waals surface area contributed by atoms with E-state index in [1.165, 1.54) is 49.7 Å². The Morgan fingerprint density at radius 2 is 1.84 bits per heavy atom. The number of ether oxygens (including phenoxy) is 1. The molecule has 1 aromatic carbocycles. The minimum atomic E-state index is 0.486. The quantitative estimate of drug-likeness (QED) is 0.780. The summed E-state index contributed by atoms with van der Waals surface area (Å²) in [5.74, 6) is 0. The van der Waals surface area contributed by atoms with Gasteiger partial charge in [-0.2, -0.15) is 0 Å². The molecule has 2 rings (SSSR count). The Morgan fingerprint density at radius 1 is 1.11 bits per heavy atom. The smallest absolute Gasteiger partial charge is 0.0720 e. The van der Waals surface area contributed by atoms with Gasteiger partial charge in [0, 0.05) is 6.54 Å². The van der Waals surface area contributed by atoms with Gasteiger partial charge in [0.1, 0.15) is 0 Å². The summed E-state index contributed by atoms with van der Waals surface area (Å²) in [5, 5.41) is 3.36. The van der Waals surface area contributed by atoms with E-state index in [-0.39, 0.29) is 0 Å². The highest BCUT2D eigenvalue weighted by molar-refractivity contribution is 5.22. The molecular weight excluding hydrogens is 234 g/mol. The van der Waals surface area contributed by atoms with Crippen molar-refractivity contribution in [3.8, 4) is 0 Å². The minimum absolute atomic E-state index is 0.486. The minimum Gasteiger partial charge on any atom is -0.374 e. The number of nitrogens with one attached hydrogen (secondary N) is 1. The Kier molecular flexibility index (Phi) is 6.38. The Balaban J connectivity index is 1.81. The summed E-state index contributed by atoms with van der Waals surface area (Å²) >= 11 is 0. The molecule has 2 heteroatoms. The number of benzene rings is 1. The SMILES string of the molecule is CCNCc1cccc(COC2CCCCCC2)c1. The molecule has 19 heavy (non-hydrogen) atoms. The van der Waals surface area contributed by atoms with Gasteiger partial charge in [-0.25, -0.2) is 0 Å². The van der Waals surface area contributed by atoms with Gasteiger partial charge in [0.15, 0.2) is 0 Å². The lowest BCUT2D eigenvalue weighted by Gasteiger charge is -2.15. The van der Waals surface area contributed by atoms with E-state index < -0.39 is 0 Å². The van der Waals surface area contributed by atoms with Crippen molar-refractivity contribution < 1.29 is 4.74 Å². The molecule has 0 heterocycles. The summed E-state index contributed by atoms with van der Waals surface area (Å²) in [4.78, 5) is 0. The molecule has 1 saturated carbocycles. The summed E-state index contributed by atoms with van der Waals surface area (Å²) in [6, 6.07) is 8.75. The lowest BCUT2D eigenvalue weighted by molar-refractivity contribution is 0.0309. The maximum Gasteiger partial charge on any atom is 0.0720 e. The van der Waals surface area contributed by atoms with Crippen molar-refractivity contribution in [3.05, 3.63) is 35.4 Å². The first kappa shape index (κ1) is 14.5. The van der Waals surface area contributed by atoms with Crippen molar-refractivity contribution in [2.24, 2.45) is 0 Å². The second kappa shape index (κ2) is 8.34. The monoisotopic (exact) mass is 261 g/mol. The molecule has 1 fully saturated rings. The predicted molar refractivity (Wildman–Crippen MR) is 80.1 cm³/mol. The maximum atomic E-state index is 6.09. The summed E-state index contributed by atoms with van der Waals surface area (Å²) in [5.41, 5.74) is 2.66. The fourth-order valence-corrected chi connectivity index (χ4v) is 2.72. The van der Waals surface area contributed by atoms with Crippen molar-refractivity contribution in [1.29, 1.82) is 0 Å². The second-order valence-electron chi connectivity index (χ2n) is 5.52. The van der Waals surface area contributed by atoms with Crippen molar-refractivity contribution in [1.82, 2.24) is 5.32 Å². The average molecular weight is 261 g/mol. The Labute approximate surface area is 117 Å². The first-order valence-corrected chi connectivity index (χ1v) is 7.78. The average Bonchev–Trinajstić information content (AvgIpc) is 2.72. The summed E-state index contributed by atoms with van der Waals surface area (Å²) in [7, 11) is 0. The van der Waals surface area contributed by atoms with Gasteiger partial charge in [-0.3, -0.25) is 0 Å². The molecule has 1 aliphatic rings. The third-order valence-corrected chi connectivity index (χ3v) is 3.86. The Hall–Kier alpha value is -0.860. The lowest BCUT2D eigenvalue weighted by atomic mass is 10.1. The van der Waals surface area contributed by atoms with Crippen LogP contribution >= 0.6 is 0 Å². The number of hydrogen-bond acceptors (Lipinski definition) is 2. The van der Waals surface area contributed by atoms with Crippen LogP contribution in [0.3, 0.4) is 0 Å². The van der Waals surface area contributed by atoms with Crippen LogP contribution in [0.4, 0.5) is 0 Å². The lowest BCUT2D eigenvalue weighted by Crippen LogP contribution is -2.13. The third-order valence-electron chi connectivity index (χ3n) is 3.86. The molecule has 0 bridgehead atoms. The molecule has 0 unspecified atom stereocenters. The van der Waals surface area contributed by atoms with Crippen molar-refractivity contribution >= 4 is 0 Å².